The van der Waals surface area contributed by atoms with Gasteiger partial charge in [0, 0.05) is 30.7 Å². The fourth-order valence-electron chi connectivity index (χ4n) is 2.93. The van der Waals surface area contributed by atoms with Crippen molar-refractivity contribution in [2.75, 3.05) is 13.1 Å². The highest BCUT2D eigenvalue weighted by Crippen LogP contribution is 2.41. The number of hydrogen-bond donors (Lipinski definition) is 0. The Morgan fingerprint density at radius 2 is 1.75 bits per heavy atom. The third-order valence-corrected chi connectivity index (χ3v) is 4.30. The molecule has 0 saturated heterocycles. The van der Waals surface area contributed by atoms with Gasteiger partial charge in [-0.1, -0.05) is 0 Å². The molecule has 5 heteroatoms. The lowest BCUT2D eigenvalue weighted by atomic mass is 9.87. The molecule has 0 atom stereocenters. The third-order valence-electron chi connectivity index (χ3n) is 4.30. The van der Waals surface area contributed by atoms with E-state index in [-0.39, 0.29) is 5.78 Å². The molecule has 0 fully saturated rings. The summed E-state index contributed by atoms with van der Waals surface area (Å²) in [6.07, 6.45) is 1.85. The van der Waals surface area contributed by atoms with Crippen LogP contribution in [-0.4, -0.2) is 29.4 Å². The van der Waals surface area contributed by atoms with Gasteiger partial charge in [0.2, 0.25) is 5.78 Å². The number of hydrogen-bond acceptors (Lipinski definition) is 5. The monoisotopic (exact) mass is 327 g/mol. The van der Waals surface area contributed by atoms with Crippen LogP contribution in [0.15, 0.2) is 39.7 Å². The molecular weight excluding hydrogens is 306 g/mol. The van der Waals surface area contributed by atoms with Gasteiger partial charge in [0.25, 0.3) is 0 Å². The van der Waals surface area contributed by atoms with Gasteiger partial charge < -0.3 is 14.1 Å². The van der Waals surface area contributed by atoms with E-state index in [4.69, 9.17) is 9.15 Å². The van der Waals surface area contributed by atoms with Gasteiger partial charge in [-0.25, -0.2) is 4.79 Å². The van der Waals surface area contributed by atoms with Crippen LogP contribution in [0.2, 0.25) is 0 Å². The van der Waals surface area contributed by atoms with Crippen LogP contribution in [0.1, 0.15) is 33.3 Å². The minimum absolute atomic E-state index is 0.124. The zero-order valence-electron chi connectivity index (χ0n) is 14.4. The van der Waals surface area contributed by atoms with E-state index in [1.54, 1.807) is 19.9 Å². The van der Waals surface area contributed by atoms with E-state index in [1.165, 1.54) is 6.07 Å². The van der Waals surface area contributed by atoms with E-state index in [2.05, 4.69) is 0 Å². The molecule has 1 aliphatic rings. The Kier molecular flexibility index (Phi) is 3.95. The SMILES string of the molecule is CCN(/C=C1\C(=O)C(C)(C)Oc2ccc3ccc(=O)oc3c21)CC. The predicted octanol–water partition coefficient (Wildman–Crippen LogP) is 3.22. The molecule has 1 aliphatic heterocycles. The number of Topliss-reactive ketones (excluding diaryl/α,β-unsaturated/α-hetero) is 1. The largest absolute Gasteiger partial charge is 0.479 e. The fraction of sp³-hybridized carbons (Fsp3) is 0.368. The van der Waals surface area contributed by atoms with Crippen molar-refractivity contribution in [3.05, 3.63) is 46.4 Å². The van der Waals surface area contributed by atoms with Gasteiger partial charge in [-0.15, -0.1) is 0 Å². The van der Waals surface area contributed by atoms with Gasteiger partial charge in [-0.3, -0.25) is 4.79 Å². The zero-order valence-corrected chi connectivity index (χ0v) is 14.4. The molecular formula is C19H21NO4. The summed E-state index contributed by atoms with van der Waals surface area (Å²) in [4.78, 5) is 26.7. The van der Waals surface area contributed by atoms with Crippen molar-refractivity contribution in [1.29, 1.82) is 0 Å². The molecule has 126 valence electrons. The van der Waals surface area contributed by atoms with Crippen molar-refractivity contribution in [2.24, 2.45) is 0 Å². The molecule has 0 aliphatic carbocycles. The summed E-state index contributed by atoms with van der Waals surface area (Å²) in [6.45, 7) is 9.11. The molecule has 5 nitrogen and oxygen atoms in total. The number of nitrogens with zero attached hydrogens (tertiary/aromatic N) is 1. The molecule has 0 amide bonds. The van der Waals surface area contributed by atoms with Crippen LogP contribution in [-0.2, 0) is 4.79 Å². The smallest absolute Gasteiger partial charge is 0.336 e. The second kappa shape index (κ2) is 5.82. The van der Waals surface area contributed by atoms with Crippen molar-refractivity contribution in [3.63, 3.8) is 0 Å². The fourth-order valence-corrected chi connectivity index (χ4v) is 2.93. The van der Waals surface area contributed by atoms with Crippen molar-refractivity contribution >= 4 is 22.3 Å². The minimum Gasteiger partial charge on any atom is -0.479 e. The van der Waals surface area contributed by atoms with Crippen LogP contribution in [0.4, 0.5) is 0 Å². The maximum atomic E-state index is 13.0. The molecule has 2 heterocycles. The average molecular weight is 327 g/mol. The first-order valence-electron chi connectivity index (χ1n) is 8.14. The number of ketones is 1. The number of ether oxygens (including phenoxy) is 1. The lowest BCUT2D eigenvalue weighted by Gasteiger charge is -2.33. The van der Waals surface area contributed by atoms with E-state index in [0.717, 1.165) is 18.5 Å². The molecule has 1 aromatic heterocycles. The first kappa shape index (κ1) is 16.3. The van der Waals surface area contributed by atoms with Crippen LogP contribution >= 0.6 is 0 Å². The van der Waals surface area contributed by atoms with Crippen molar-refractivity contribution in [3.8, 4) is 5.75 Å². The van der Waals surface area contributed by atoms with Crippen LogP contribution in [0.5, 0.6) is 5.75 Å². The summed E-state index contributed by atoms with van der Waals surface area (Å²) >= 11 is 0. The Labute approximate surface area is 140 Å². The Morgan fingerprint density at radius 3 is 2.42 bits per heavy atom. The lowest BCUT2D eigenvalue weighted by molar-refractivity contribution is -0.126. The molecule has 1 aromatic carbocycles. The topological polar surface area (TPSA) is 59.8 Å². The summed E-state index contributed by atoms with van der Waals surface area (Å²) in [5.41, 5.74) is 0.0540. The van der Waals surface area contributed by atoms with E-state index < -0.39 is 11.2 Å². The molecule has 24 heavy (non-hydrogen) atoms. The van der Waals surface area contributed by atoms with Crippen molar-refractivity contribution < 1.29 is 13.9 Å². The summed E-state index contributed by atoms with van der Waals surface area (Å²) in [5, 5.41) is 0.759. The van der Waals surface area contributed by atoms with Crippen molar-refractivity contribution in [1.82, 2.24) is 4.90 Å². The number of benzene rings is 1. The molecule has 0 radical (unpaired) electrons. The van der Waals surface area contributed by atoms with Crippen LogP contribution < -0.4 is 10.4 Å². The molecule has 0 unspecified atom stereocenters. The standard InChI is InChI=1S/C19H21NO4/c1-5-20(6-2)11-13-16-14(24-19(3,4)18(13)22)9-7-12-8-10-15(21)23-17(12)16/h7-11H,5-6H2,1-4H3/b13-11-. The summed E-state index contributed by atoms with van der Waals surface area (Å²) in [7, 11) is 0. The van der Waals surface area contributed by atoms with Gasteiger partial charge in [0.05, 0.1) is 11.1 Å². The highest BCUT2D eigenvalue weighted by atomic mass is 16.5. The Bertz CT molecular complexity index is 888. The second-order valence-electron chi connectivity index (χ2n) is 6.32. The van der Waals surface area contributed by atoms with E-state index in [9.17, 15) is 9.59 Å². The second-order valence-corrected chi connectivity index (χ2v) is 6.32. The molecule has 0 bridgehead atoms. The average Bonchev–Trinajstić information content (AvgIpc) is 2.55. The number of fused-ring (bicyclic) bond motifs is 3. The summed E-state index contributed by atoms with van der Waals surface area (Å²) in [6, 6.07) is 6.72. The molecule has 3 rings (SSSR count). The van der Waals surface area contributed by atoms with Gasteiger partial charge >= 0.3 is 5.63 Å². The normalized spacial score (nSPS) is 17.7. The molecule has 0 N–H and O–H groups in total. The molecule has 0 saturated carbocycles. The first-order chi connectivity index (χ1) is 11.4. The maximum absolute atomic E-state index is 13.0. The highest BCUT2D eigenvalue weighted by Gasteiger charge is 2.40. The van der Waals surface area contributed by atoms with E-state index in [0.29, 0.717) is 22.5 Å². The number of rotatable bonds is 3. The number of carbonyl (C=O) groups excluding carboxylic acids is 1. The Hall–Kier alpha value is -2.56. The third kappa shape index (κ3) is 2.60. The van der Waals surface area contributed by atoms with Gasteiger partial charge in [-0.2, -0.15) is 0 Å². The quantitative estimate of drug-likeness (QED) is 0.640. The predicted molar refractivity (Wildman–Crippen MR) is 93.1 cm³/mol. The van der Waals surface area contributed by atoms with Gasteiger partial charge in [0.1, 0.15) is 11.3 Å². The maximum Gasteiger partial charge on any atom is 0.336 e. The van der Waals surface area contributed by atoms with E-state index in [1.807, 2.05) is 37.1 Å². The van der Waals surface area contributed by atoms with Crippen molar-refractivity contribution in [2.45, 2.75) is 33.3 Å². The minimum atomic E-state index is -0.964. The molecule has 2 aromatic rings. The lowest BCUT2D eigenvalue weighted by Crippen LogP contribution is -2.42. The zero-order chi connectivity index (χ0) is 17.5. The van der Waals surface area contributed by atoms with Gasteiger partial charge in [-0.05, 0) is 45.9 Å². The van der Waals surface area contributed by atoms with Crippen LogP contribution in [0, 0.1) is 0 Å². The van der Waals surface area contributed by atoms with Crippen LogP contribution in [0.25, 0.3) is 16.5 Å². The number of carbonyl (C=O) groups is 1. The Balaban J connectivity index is 2.35. The highest BCUT2D eigenvalue weighted by molar-refractivity contribution is 6.28. The van der Waals surface area contributed by atoms with E-state index >= 15 is 0 Å². The Morgan fingerprint density at radius 1 is 1.08 bits per heavy atom. The van der Waals surface area contributed by atoms with Gasteiger partial charge in [0.15, 0.2) is 5.60 Å². The van der Waals surface area contributed by atoms with Crippen LogP contribution in [0.3, 0.4) is 0 Å². The summed E-state index contributed by atoms with van der Waals surface area (Å²) < 4.78 is 11.3. The molecule has 0 spiro atoms. The summed E-state index contributed by atoms with van der Waals surface area (Å²) in [5.74, 6) is 0.431. The first-order valence-corrected chi connectivity index (χ1v) is 8.14.